The zero-order chi connectivity index (χ0) is 29.2. The molecular weight excluding hydrogens is 556 g/mol. The molecule has 42 heavy (non-hydrogen) atoms. The number of aromatic amines is 1. The molecule has 3 aromatic carbocycles. The van der Waals surface area contributed by atoms with E-state index >= 15 is 0 Å². The molecule has 2 fully saturated rings. The summed E-state index contributed by atoms with van der Waals surface area (Å²) in [7, 11) is 3.13. The van der Waals surface area contributed by atoms with Crippen molar-refractivity contribution in [2.45, 2.75) is 24.4 Å². The number of hydrogen-bond acceptors (Lipinski definition) is 6. The van der Waals surface area contributed by atoms with Gasteiger partial charge < -0.3 is 19.8 Å². The lowest BCUT2D eigenvalue weighted by molar-refractivity contribution is -0.142. The number of ether oxygens (including phenoxy) is 2. The number of halogens is 1. The molecule has 0 radical (unpaired) electrons. The minimum atomic E-state index is -1.41. The van der Waals surface area contributed by atoms with Gasteiger partial charge in [0.25, 0.3) is 0 Å². The lowest BCUT2D eigenvalue weighted by Gasteiger charge is -2.29. The highest BCUT2D eigenvalue weighted by Crippen LogP contribution is 2.54. The van der Waals surface area contributed by atoms with Crippen molar-refractivity contribution < 1.29 is 23.9 Å². The van der Waals surface area contributed by atoms with E-state index in [2.05, 4.69) is 15.6 Å². The van der Waals surface area contributed by atoms with E-state index in [4.69, 9.17) is 21.1 Å². The third-order valence-corrected chi connectivity index (χ3v) is 9.29. The van der Waals surface area contributed by atoms with Gasteiger partial charge in [-0.2, -0.15) is 0 Å². The number of nitrogens with zero attached hydrogens (tertiary/aromatic N) is 1. The highest BCUT2D eigenvalue weighted by molar-refractivity contribution is 6.35. The van der Waals surface area contributed by atoms with Gasteiger partial charge in [0.05, 0.1) is 36.8 Å². The Balaban J connectivity index is 1.26. The van der Waals surface area contributed by atoms with E-state index in [9.17, 15) is 14.4 Å². The molecular formula is C32H29ClN4O5. The first-order valence-electron chi connectivity index (χ1n) is 13.9. The Morgan fingerprint density at radius 2 is 1.76 bits per heavy atom. The van der Waals surface area contributed by atoms with E-state index in [1.807, 2.05) is 42.6 Å². The molecule has 3 aliphatic rings. The standard InChI is InChI=1S/C32H29ClN4O5/c1-41-24-11-10-17(14-25(24)42-2)12-13-37-29(38)26-23(15-18-16-34-22-9-4-3-6-19(18)22)36-32(27(26)30(37)39)20-7-5-8-21(33)28(20)35-31(32)40/h3-11,14,16,23,26-27,34,36H,12-13,15H2,1-2H3,(H,35,40)/t23-,26-,27-,32+/m0/s1. The Labute approximate surface area is 247 Å². The van der Waals surface area contributed by atoms with Crippen LogP contribution in [0.1, 0.15) is 16.7 Å². The third-order valence-electron chi connectivity index (χ3n) is 8.98. The monoisotopic (exact) mass is 584 g/mol. The van der Waals surface area contributed by atoms with Crippen LogP contribution in [0.5, 0.6) is 11.5 Å². The molecule has 2 saturated heterocycles. The van der Waals surface area contributed by atoms with Gasteiger partial charge in [-0.3, -0.25) is 24.6 Å². The number of fused-ring (bicyclic) bond motifs is 5. The van der Waals surface area contributed by atoms with Crippen LogP contribution in [0, 0.1) is 11.8 Å². The maximum absolute atomic E-state index is 14.2. The average molecular weight is 585 g/mol. The number of benzene rings is 3. The van der Waals surface area contributed by atoms with Crippen molar-refractivity contribution in [1.82, 2.24) is 15.2 Å². The second-order valence-corrected chi connectivity index (χ2v) is 11.4. The molecule has 10 heteroatoms. The maximum atomic E-state index is 14.2. The summed E-state index contributed by atoms with van der Waals surface area (Å²) in [5, 5.41) is 7.84. The van der Waals surface area contributed by atoms with Crippen LogP contribution in [-0.4, -0.2) is 54.4 Å². The molecule has 4 heterocycles. The van der Waals surface area contributed by atoms with Crippen molar-refractivity contribution in [3.8, 4) is 11.5 Å². The molecule has 3 aliphatic heterocycles. The highest BCUT2D eigenvalue weighted by atomic mass is 35.5. The van der Waals surface area contributed by atoms with Gasteiger partial charge in [-0.15, -0.1) is 0 Å². The predicted octanol–water partition coefficient (Wildman–Crippen LogP) is 4.04. The summed E-state index contributed by atoms with van der Waals surface area (Å²) in [4.78, 5) is 46.8. The van der Waals surface area contributed by atoms with Crippen molar-refractivity contribution in [1.29, 1.82) is 0 Å². The van der Waals surface area contributed by atoms with Crippen molar-refractivity contribution in [3.05, 3.63) is 88.6 Å². The van der Waals surface area contributed by atoms with Crippen molar-refractivity contribution in [2.24, 2.45) is 11.8 Å². The van der Waals surface area contributed by atoms with E-state index in [1.54, 1.807) is 38.5 Å². The SMILES string of the molecule is COc1ccc(CCN2C(=O)[C@H]3[C@H](Cc4c[nH]c5ccccc45)N[C@@]4(C(=O)Nc5c(Cl)cccc54)[C@@H]3C2=O)cc1OC. The number of imide groups is 1. The Morgan fingerprint density at radius 3 is 2.57 bits per heavy atom. The van der Waals surface area contributed by atoms with Gasteiger partial charge in [-0.05, 0) is 48.2 Å². The molecule has 1 aromatic heterocycles. The number of H-pyrrole nitrogens is 1. The lowest BCUT2D eigenvalue weighted by atomic mass is 9.76. The van der Waals surface area contributed by atoms with Gasteiger partial charge >= 0.3 is 0 Å². The number of anilines is 1. The number of amides is 3. The van der Waals surface area contributed by atoms with E-state index in [0.29, 0.717) is 40.6 Å². The predicted molar refractivity (Wildman–Crippen MR) is 158 cm³/mol. The first kappa shape index (κ1) is 26.6. The first-order chi connectivity index (χ1) is 20.4. The minimum absolute atomic E-state index is 0.181. The van der Waals surface area contributed by atoms with E-state index in [1.165, 1.54) is 4.90 Å². The molecule has 9 nitrogen and oxygen atoms in total. The summed E-state index contributed by atoms with van der Waals surface area (Å²) in [5.41, 5.74) is 2.55. The average Bonchev–Trinajstić information content (AvgIpc) is 3.71. The van der Waals surface area contributed by atoms with Gasteiger partial charge in [-0.25, -0.2) is 0 Å². The second kappa shape index (κ2) is 9.89. The summed E-state index contributed by atoms with van der Waals surface area (Å²) >= 11 is 6.49. The zero-order valence-corrected chi connectivity index (χ0v) is 23.8. The molecule has 0 unspecified atom stereocenters. The molecule has 214 valence electrons. The molecule has 4 aromatic rings. The Morgan fingerprint density at radius 1 is 0.952 bits per heavy atom. The van der Waals surface area contributed by atoms with Gasteiger partial charge in [0.2, 0.25) is 17.7 Å². The molecule has 0 bridgehead atoms. The van der Waals surface area contributed by atoms with Crippen LogP contribution in [0.2, 0.25) is 5.02 Å². The first-order valence-corrected chi connectivity index (χ1v) is 14.2. The van der Waals surface area contributed by atoms with Gasteiger partial charge in [0.1, 0.15) is 5.54 Å². The van der Waals surface area contributed by atoms with Gasteiger partial charge in [0, 0.05) is 35.2 Å². The number of carbonyl (C=O) groups excluding carboxylic acids is 3. The third kappa shape index (κ3) is 3.77. The smallest absolute Gasteiger partial charge is 0.250 e. The topological polar surface area (TPSA) is 113 Å². The van der Waals surface area contributed by atoms with Gasteiger partial charge in [0.15, 0.2) is 11.5 Å². The molecule has 7 rings (SSSR count). The minimum Gasteiger partial charge on any atom is -0.493 e. The van der Waals surface area contributed by atoms with Crippen molar-refractivity contribution >= 4 is 45.9 Å². The van der Waals surface area contributed by atoms with Gasteiger partial charge in [-0.1, -0.05) is 48.0 Å². The van der Waals surface area contributed by atoms with Crippen LogP contribution >= 0.6 is 11.6 Å². The van der Waals surface area contributed by atoms with E-state index in [-0.39, 0.29) is 24.3 Å². The van der Waals surface area contributed by atoms with Crippen LogP contribution in [-0.2, 0) is 32.8 Å². The Hall–Kier alpha value is -4.34. The molecule has 1 spiro atoms. The normalized spacial score (nSPS) is 24.4. The van der Waals surface area contributed by atoms with E-state index < -0.39 is 23.4 Å². The number of methoxy groups -OCH3 is 2. The number of hydrogen-bond donors (Lipinski definition) is 3. The van der Waals surface area contributed by atoms with Crippen molar-refractivity contribution in [3.63, 3.8) is 0 Å². The summed E-state index contributed by atoms with van der Waals surface area (Å²) in [6.07, 6.45) is 2.82. The van der Waals surface area contributed by atoms with Crippen LogP contribution in [0.15, 0.2) is 66.9 Å². The van der Waals surface area contributed by atoms with E-state index in [0.717, 1.165) is 22.0 Å². The fraction of sp³-hybridized carbons (Fsp3) is 0.281. The number of para-hydroxylation sites is 2. The summed E-state index contributed by atoms with van der Waals surface area (Å²) in [6, 6.07) is 18.3. The highest BCUT2D eigenvalue weighted by Gasteiger charge is 2.70. The fourth-order valence-corrected chi connectivity index (χ4v) is 7.28. The Kier molecular flexibility index (Phi) is 6.25. The van der Waals surface area contributed by atoms with Crippen LogP contribution in [0.3, 0.4) is 0 Å². The number of nitrogens with one attached hydrogen (secondary N) is 3. The molecule has 3 amide bonds. The quantitative estimate of drug-likeness (QED) is 0.283. The zero-order valence-electron chi connectivity index (χ0n) is 23.1. The lowest BCUT2D eigenvalue weighted by Crippen LogP contribution is -2.53. The van der Waals surface area contributed by atoms with Crippen LogP contribution in [0.25, 0.3) is 10.9 Å². The second-order valence-electron chi connectivity index (χ2n) is 11.0. The largest absolute Gasteiger partial charge is 0.493 e. The number of aromatic nitrogens is 1. The summed E-state index contributed by atoms with van der Waals surface area (Å²) < 4.78 is 10.8. The van der Waals surface area contributed by atoms with Crippen molar-refractivity contribution in [2.75, 3.05) is 26.1 Å². The number of likely N-dealkylation sites (tertiary alicyclic amines) is 1. The summed E-state index contributed by atoms with van der Waals surface area (Å²) in [5.74, 6) is -1.47. The number of carbonyl (C=O) groups is 3. The fourth-order valence-electron chi connectivity index (χ4n) is 7.06. The van der Waals surface area contributed by atoms with Crippen LogP contribution in [0.4, 0.5) is 5.69 Å². The van der Waals surface area contributed by atoms with Crippen LogP contribution < -0.4 is 20.1 Å². The number of rotatable bonds is 7. The molecule has 0 aliphatic carbocycles. The Bertz CT molecular complexity index is 1770. The maximum Gasteiger partial charge on any atom is 0.250 e. The molecule has 4 atom stereocenters. The molecule has 3 N–H and O–H groups in total. The summed E-state index contributed by atoms with van der Waals surface area (Å²) in [6.45, 7) is 0.181. The molecule has 0 saturated carbocycles.